The molecule has 0 saturated heterocycles. The van der Waals surface area contributed by atoms with Crippen molar-refractivity contribution in [2.45, 2.75) is 0 Å². The molecule has 0 spiro atoms. The SMILES string of the molecule is N#CCOCOCC#N.N#Cc1ccc(C#N)cc1. The molecule has 0 aliphatic heterocycles. The molecule has 19 heavy (non-hydrogen) atoms. The highest BCUT2D eigenvalue weighted by atomic mass is 16.7. The van der Waals surface area contributed by atoms with Crippen LogP contribution in [0.15, 0.2) is 24.3 Å². The molecule has 0 saturated carbocycles. The molecule has 0 unspecified atom stereocenters. The predicted molar refractivity (Wildman–Crippen MR) is 63.9 cm³/mol. The van der Waals surface area contributed by atoms with Crippen LogP contribution in [0.4, 0.5) is 0 Å². The molecule has 6 heteroatoms. The van der Waals surface area contributed by atoms with Crippen LogP contribution in [0.25, 0.3) is 0 Å². The predicted octanol–water partition coefficient (Wildman–Crippen LogP) is 1.45. The van der Waals surface area contributed by atoms with Gasteiger partial charge < -0.3 is 9.47 Å². The zero-order chi connectivity index (χ0) is 14.3. The molecular weight excluding hydrogens is 244 g/mol. The first kappa shape index (κ1) is 16.1. The van der Waals surface area contributed by atoms with E-state index in [1.54, 1.807) is 36.4 Å². The van der Waals surface area contributed by atoms with Crippen LogP contribution >= 0.6 is 0 Å². The van der Waals surface area contributed by atoms with E-state index in [0.717, 1.165) is 0 Å². The van der Waals surface area contributed by atoms with Gasteiger partial charge in [-0.15, -0.1) is 0 Å². The summed E-state index contributed by atoms with van der Waals surface area (Å²) in [5, 5.41) is 32.6. The van der Waals surface area contributed by atoms with E-state index in [4.69, 9.17) is 21.0 Å². The van der Waals surface area contributed by atoms with Crippen LogP contribution in [0.1, 0.15) is 11.1 Å². The van der Waals surface area contributed by atoms with E-state index in [2.05, 4.69) is 9.47 Å². The maximum Gasteiger partial charge on any atom is 0.149 e. The summed E-state index contributed by atoms with van der Waals surface area (Å²) in [4.78, 5) is 0. The molecule has 0 aromatic heterocycles. The van der Waals surface area contributed by atoms with Gasteiger partial charge in [-0.05, 0) is 24.3 Å². The van der Waals surface area contributed by atoms with Crippen LogP contribution < -0.4 is 0 Å². The average Bonchev–Trinajstić information content (AvgIpc) is 2.48. The van der Waals surface area contributed by atoms with Crippen molar-refractivity contribution >= 4 is 0 Å². The smallest absolute Gasteiger partial charge is 0.149 e. The molecule has 1 rings (SSSR count). The summed E-state index contributed by atoms with van der Waals surface area (Å²) in [6, 6.07) is 14.0. The molecule has 0 aliphatic rings. The van der Waals surface area contributed by atoms with Gasteiger partial charge in [0.2, 0.25) is 0 Å². The molecule has 0 atom stereocenters. The molecule has 0 aliphatic carbocycles. The van der Waals surface area contributed by atoms with Crippen molar-refractivity contribution in [3.8, 4) is 24.3 Å². The van der Waals surface area contributed by atoms with E-state index in [9.17, 15) is 0 Å². The monoisotopic (exact) mass is 254 g/mol. The second-order valence-electron chi connectivity index (χ2n) is 2.93. The van der Waals surface area contributed by atoms with Crippen molar-refractivity contribution in [2.24, 2.45) is 0 Å². The molecule has 1 aromatic carbocycles. The van der Waals surface area contributed by atoms with Gasteiger partial charge in [0.1, 0.15) is 20.0 Å². The number of benzene rings is 1. The molecular formula is C13H10N4O2. The van der Waals surface area contributed by atoms with Gasteiger partial charge in [-0.3, -0.25) is 0 Å². The maximum absolute atomic E-state index is 8.37. The molecule has 0 amide bonds. The van der Waals surface area contributed by atoms with E-state index in [0.29, 0.717) is 11.1 Å². The first-order valence-corrected chi connectivity index (χ1v) is 5.08. The van der Waals surface area contributed by atoms with Crippen molar-refractivity contribution in [2.75, 3.05) is 20.0 Å². The molecule has 0 fully saturated rings. The lowest BCUT2D eigenvalue weighted by Crippen LogP contribution is -1.99. The van der Waals surface area contributed by atoms with Gasteiger partial charge in [-0.25, -0.2) is 0 Å². The van der Waals surface area contributed by atoms with Crippen LogP contribution in [0.3, 0.4) is 0 Å². The van der Waals surface area contributed by atoms with Crippen molar-refractivity contribution in [1.82, 2.24) is 0 Å². The number of nitrogens with zero attached hydrogens (tertiary/aromatic N) is 4. The Bertz CT molecular complexity index is 477. The number of hydrogen-bond donors (Lipinski definition) is 0. The Morgan fingerprint density at radius 2 is 1.11 bits per heavy atom. The number of nitriles is 4. The first-order chi connectivity index (χ1) is 9.28. The molecule has 0 heterocycles. The third kappa shape index (κ3) is 8.86. The summed E-state index contributed by atoms with van der Waals surface area (Å²) in [6.07, 6.45) is 0. The summed E-state index contributed by atoms with van der Waals surface area (Å²) in [5.74, 6) is 0. The Labute approximate surface area is 111 Å². The van der Waals surface area contributed by atoms with Gasteiger partial charge in [-0.1, -0.05) is 0 Å². The van der Waals surface area contributed by atoms with Crippen LogP contribution in [-0.4, -0.2) is 20.0 Å². The van der Waals surface area contributed by atoms with Crippen LogP contribution in [0.2, 0.25) is 0 Å². The van der Waals surface area contributed by atoms with Gasteiger partial charge >= 0.3 is 0 Å². The third-order valence-corrected chi connectivity index (χ3v) is 1.64. The Morgan fingerprint density at radius 3 is 1.37 bits per heavy atom. The van der Waals surface area contributed by atoms with Crippen LogP contribution in [-0.2, 0) is 9.47 Å². The van der Waals surface area contributed by atoms with E-state index < -0.39 is 0 Å². The molecule has 6 nitrogen and oxygen atoms in total. The van der Waals surface area contributed by atoms with Gasteiger partial charge in [0.25, 0.3) is 0 Å². The second kappa shape index (κ2) is 11.6. The van der Waals surface area contributed by atoms with Crippen molar-refractivity contribution < 1.29 is 9.47 Å². The fourth-order valence-corrected chi connectivity index (χ4v) is 0.853. The maximum atomic E-state index is 8.37. The average molecular weight is 254 g/mol. The Balaban J connectivity index is 0.000000344. The fourth-order valence-electron chi connectivity index (χ4n) is 0.853. The molecule has 94 valence electrons. The van der Waals surface area contributed by atoms with Crippen molar-refractivity contribution in [3.63, 3.8) is 0 Å². The fraction of sp³-hybridized carbons (Fsp3) is 0.231. The zero-order valence-corrected chi connectivity index (χ0v) is 10.0. The zero-order valence-electron chi connectivity index (χ0n) is 10.0. The van der Waals surface area contributed by atoms with Crippen LogP contribution in [0.5, 0.6) is 0 Å². The summed E-state index contributed by atoms with van der Waals surface area (Å²) in [7, 11) is 0. The quantitative estimate of drug-likeness (QED) is 0.593. The summed E-state index contributed by atoms with van der Waals surface area (Å²) >= 11 is 0. The molecule has 0 N–H and O–H groups in total. The highest BCUT2D eigenvalue weighted by molar-refractivity contribution is 5.36. The Kier molecular flexibility index (Phi) is 9.81. The standard InChI is InChI=1S/C8H4N2.C5H6N2O2/c9-5-7-1-2-8(6-10)4-3-7;6-1-3-8-5-9-4-2-7/h1-4H;3-5H2. The van der Waals surface area contributed by atoms with E-state index in [1.807, 2.05) is 12.1 Å². The number of rotatable bonds is 4. The second-order valence-corrected chi connectivity index (χ2v) is 2.93. The molecule has 1 aromatic rings. The number of ether oxygens (including phenoxy) is 2. The lowest BCUT2D eigenvalue weighted by Gasteiger charge is -1.94. The molecule has 0 bridgehead atoms. The summed E-state index contributed by atoms with van der Waals surface area (Å²) in [5.41, 5.74) is 1.16. The summed E-state index contributed by atoms with van der Waals surface area (Å²) < 4.78 is 9.10. The minimum Gasteiger partial charge on any atom is -0.340 e. The van der Waals surface area contributed by atoms with E-state index >= 15 is 0 Å². The number of hydrogen-bond acceptors (Lipinski definition) is 6. The summed E-state index contributed by atoms with van der Waals surface area (Å²) in [6.45, 7) is 0.0258. The third-order valence-electron chi connectivity index (χ3n) is 1.64. The Hall–Kier alpha value is -2.90. The van der Waals surface area contributed by atoms with E-state index in [-0.39, 0.29) is 20.0 Å². The van der Waals surface area contributed by atoms with Gasteiger partial charge in [0, 0.05) is 0 Å². The normalized spacial score (nSPS) is 7.79. The largest absolute Gasteiger partial charge is 0.340 e. The van der Waals surface area contributed by atoms with Crippen molar-refractivity contribution in [1.29, 1.82) is 21.0 Å². The van der Waals surface area contributed by atoms with Gasteiger partial charge in [0.15, 0.2) is 0 Å². The lowest BCUT2D eigenvalue weighted by atomic mass is 10.2. The topological polar surface area (TPSA) is 114 Å². The highest BCUT2D eigenvalue weighted by Crippen LogP contribution is 2.00. The highest BCUT2D eigenvalue weighted by Gasteiger charge is 1.88. The molecule has 0 radical (unpaired) electrons. The van der Waals surface area contributed by atoms with Gasteiger partial charge in [0.05, 0.1) is 35.4 Å². The first-order valence-electron chi connectivity index (χ1n) is 5.08. The van der Waals surface area contributed by atoms with E-state index in [1.165, 1.54) is 0 Å². The van der Waals surface area contributed by atoms with Gasteiger partial charge in [-0.2, -0.15) is 21.0 Å². The minimum absolute atomic E-state index is 0.00539. The Morgan fingerprint density at radius 1 is 0.737 bits per heavy atom. The minimum atomic E-state index is 0.00539. The van der Waals surface area contributed by atoms with Crippen LogP contribution in [0, 0.1) is 45.3 Å². The van der Waals surface area contributed by atoms with Crippen molar-refractivity contribution in [3.05, 3.63) is 35.4 Å². The lowest BCUT2D eigenvalue weighted by molar-refractivity contribution is -0.0301.